The summed E-state index contributed by atoms with van der Waals surface area (Å²) in [4.78, 5) is 40.3. The molecule has 1 atom stereocenters. The highest BCUT2D eigenvalue weighted by molar-refractivity contribution is 14.1. The number of nitrogens with zero attached hydrogens (tertiary/aromatic N) is 2. The van der Waals surface area contributed by atoms with Gasteiger partial charge in [-0.15, -0.1) is 0 Å². The van der Waals surface area contributed by atoms with E-state index >= 15 is 0 Å². The Morgan fingerprint density at radius 2 is 1.81 bits per heavy atom. The van der Waals surface area contributed by atoms with Crippen LogP contribution >= 0.6 is 22.6 Å². The highest BCUT2D eigenvalue weighted by Crippen LogP contribution is 2.11. The van der Waals surface area contributed by atoms with Crippen LogP contribution in [0.5, 0.6) is 0 Å². The molecule has 1 unspecified atom stereocenters. The third-order valence-corrected chi connectivity index (χ3v) is 5.57. The van der Waals surface area contributed by atoms with Gasteiger partial charge in [0.15, 0.2) is 0 Å². The van der Waals surface area contributed by atoms with Crippen LogP contribution in [0.15, 0.2) is 24.3 Å². The lowest BCUT2D eigenvalue weighted by Crippen LogP contribution is -2.53. The van der Waals surface area contributed by atoms with Crippen molar-refractivity contribution in [2.45, 2.75) is 26.3 Å². The minimum atomic E-state index is -0.242. The van der Waals surface area contributed by atoms with E-state index < -0.39 is 0 Å². The van der Waals surface area contributed by atoms with E-state index in [1.54, 1.807) is 17.0 Å². The number of carbonyl (C=O) groups is 3. The summed E-state index contributed by atoms with van der Waals surface area (Å²) in [7, 11) is 0. The summed E-state index contributed by atoms with van der Waals surface area (Å²) in [5.74, 6) is -0.319. The van der Waals surface area contributed by atoms with E-state index in [9.17, 15) is 14.4 Å². The number of carbonyl (C=O) groups excluding carboxylic acids is 3. The normalized spacial score (nSPS) is 15.9. The average Bonchev–Trinajstić information content (AvgIpc) is 2.66. The van der Waals surface area contributed by atoms with Crippen molar-refractivity contribution in [3.05, 3.63) is 33.4 Å². The Balaban J connectivity index is 1.72. The molecule has 0 aliphatic carbocycles. The first kappa shape index (κ1) is 21.6. The second-order valence-electron chi connectivity index (χ2n) is 6.70. The van der Waals surface area contributed by atoms with E-state index in [-0.39, 0.29) is 30.3 Å². The van der Waals surface area contributed by atoms with Gasteiger partial charge in [0.25, 0.3) is 5.91 Å². The topological polar surface area (TPSA) is 81.8 Å². The molecule has 148 valence electrons. The summed E-state index contributed by atoms with van der Waals surface area (Å²) in [5.41, 5.74) is 0.572. The molecule has 0 bridgehead atoms. The number of hydrogen-bond acceptors (Lipinski definition) is 4. The zero-order chi connectivity index (χ0) is 19.8. The Kier molecular flexibility index (Phi) is 8.49. The molecule has 0 aromatic heterocycles. The molecule has 2 rings (SSSR count). The fourth-order valence-corrected chi connectivity index (χ4v) is 3.42. The minimum absolute atomic E-state index is 0.0156. The van der Waals surface area contributed by atoms with Crippen molar-refractivity contribution in [2.75, 3.05) is 39.3 Å². The van der Waals surface area contributed by atoms with E-state index in [1.807, 2.05) is 30.9 Å². The lowest BCUT2D eigenvalue weighted by atomic mass is 10.2. The molecular formula is C19H27IN4O3. The number of rotatable bonds is 7. The maximum Gasteiger partial charge on any atom is 0.252 e. The third kappa shape index (κ3) is 6.76. The van der Waals surface area contributed by atoms with Crippen molar-refractivity contribution in [1.82, 2.24) is 20.4 Å². The second-order valence-corrected chi connectivity index (χ2v) is 7.86. The van der Waals surface area contributed by atoms with Crippen LogP contribution in [0.2, 0.25) is 0 Å². The molecule has 1 aliphatic rings. The molecule has 1 aromatic rings. The second kappa shape index (κ2) is 10.6. The van der Waals surface area contributed by atoms with Gasteiger partial charge in [0.2, 0.25) is 11.8 Å². The van der Waals surface area contributed by atoms with Crippen molar-refractivity contribution in [3.63, 3.8) is 0 Å². The highest BCUT2D eigenvalue weighted by atomic mass is 127. The summed E-state index contributed by atoms with van der Waals surface area (Å²) in [6.07, 6.45) is 0.905. The van der Waals surface area contributed by atoms with Gasteiger partial charge in [0.05, 0.1) is 18.7 Å². The molecule has 1 saturated heterocycles. The van der Waals surface area contributed by atoms with Gasteiger partial charge in [-0.1, -0.05) is 19.1 Å². The highest BCUT2D eigenvalue weighted by Gasteiger charge is 2.23. The molecule has 0 saturated carbocycles. The summed E-state index contributed by atoms with van der Waals surface area (Å²) in [6.45, 7) is 6.80. The van der Waals surface area contributed by atoms with Crippen molar-refractivity contribution in [1.29, 1.82) is 0 Å². The van der Waals surface area contributed by atoms with Crippen LogP contribution in [0.4, 0.5) is 0 Å². The Morgan fingerprint density at radius 3 is 2.44 bits per heavy atom. The van der Waals surface area contributed by atoms with E-state index in [0.29, 0.717) is 38.3 Å². The van der Waals surface area contributed by atoms with Gasteiger partial charge >= 0.3 is 0 Å². The molecule has 1 heterocycles. The molecule has 0 radical (unpaired) electrons. The van der Waals surface area contributed by atoms with E-state index in [4.69, 9.17) is 0 Å². The number of nitrogens with one attached hydrogen (secondary N) is 2. The van der Waals surface area contributed by atoms with Crippen LogP contribution < -0.4 is 10.6 Å². The fraction of sp³-hybridized carbons (Fsp3) is 0.526. The predicted octanol–water partition coefficient (Wildman–Crippen LogP) is 1.08. The predicted molar refractivity (Wildman–Crippen MR) is 112 cm³/mol. The van der Waals surface area contributed by atoms with Gasteiger partial charge in [-0.05, 0) is 48.1 Å². The first-order valence-electron chi connectivity index (χ1n) is 9.23. The molecule has 2 N–H and O–H groups in total. The number of piperazine rings is 1. The van der Waals surface area contributed by atoms with E-state index in [2.05, 4.69) is 33.2 Å². The molecule has 8 heteroatoms. The van der Waals surface area contributed by atoms with Gasteiger partial charge in [-0.25, -0.2) is 0 Å². The van der Waals surface area contributed by atoms with Gasteiger partial charge in [0.1, 0.15) is 0 Å². The summed E-state index contributed by atoms with van der Waals surface area (Å²) >= 11 is 2.10. The van der Waals surface area contributed by atoms with Crippen LogP contribution in [0.3, 0.4) is 0 Å². The molecule has 3 amide bonds. The van der Waals surface area contributed by atoms with Gasteiger partial charge in [-0.3, -0.25) is 19.3 Å². The monoisotopic (exact) mass is 486 g/mol. The zero-order valence-electron chi connectivity index (χ0n) is 15.8. The molecular weight excluding hydrogens is 459 g/mol. The van der Waals surface area contributed by atoms with Crippen molar-refractivity contribution < 1.29 is 14.4 Å². The third-order valence-electron chi connectivity index (χ3n) is 4.63. The molecule has 1 aliphatic heterocycles. The molecule has 1 aromatic carbocycles. The largest absolute Gasteiger partial charge is 0.353 e. The Labute approximate surface area is 174 Å². The van der Waals surface area contributed by atoms with E-state index in [0.717, 1.165) is 9.99 Å². The number of hydrogen-bond donors (Lipinski definition) is 2. The van der Waals surface area contributed by atoms with Crippen LogP contribution in [0, 0.1) is 3.57 Å². The van der Waals surface area contributed by atoms with Crippen LogP contribution in [0.25, 0.3) is 0 Å². The first-order chi connectivity index (χ1) is 12.9. The van der Waals surface area contributed by atoms with Crippen LogP contribution in [-0.2, 0) is 9.59 Å². The average molecular weight is 486 g/mol. The van der Waals surface area contributed by atoms with Crippen molar-refractivity contribution in [3.8, 4) is 0 Å². The minimum Gasteiger partial charge on any atom is -0.353 e. The van der Waals surface area contributed by atoms with E-state index in [1.165, 1.54) is 0 Å². The number of amides is 3. The standard InChI is InChI=1S/C19H27IN4O3/c1-3-14(2)22-17(25)13-23-8-10-24(11-9-23)18(26)12-21-19(27)15-6-4-5-7-16(15)20/h4-7,14H,3,8-13H2,1-2H3,(H,21,27)(H,22,25). The summed E-state index contributed by atoms with van der Waals surface area (Å²) in [5, 5.41) is 5.65. The Morgan fingerprint density at radius 1 is 1.15 bits per heavy atom. The molecule has 1 fully saturated rings. The first-order valence-corrected chi connectivity index (χ1v) is 10.3. The van der Waals surface area contributed by atoms with Crippen LogP contribution in [-0.4, -0.2) is 72.8 Å². The zero-order valence-corrected chi connectivity index (χ0v) is 18.0. The Hall–Kier alpha value is -1.68. The van der Waals surface area contributed by atoms with Crippen LogP contribution in [0.1, 0.15) is 30.6 Å². The maximum atomic E-state index is 12.3. The lowest BCUT2D eigenvalue weighted by molar-refractivity contribution is -0.132. The molecule has 7 nitrogen and oxygen atoms in total. The number of benzene rings is 1. The van der Waals surface area contributed by atoms with Crippen molar-refractivity contribution >= 4 is 40.3 Å². The summed E-state index contributed by atoms with van der Waals surface area (Å²) < 4.78 is 0.851. The smallest absolute Gasteiger partial charge is 0.252 e. The molecule has 27 heavy (non-hydrogen) atoms. The fourth-order valence-electron chi connectivity index (χ4n) is 2.79. The van der Waals surface area contributed by atoms with Gasteiger partial charge < -0.3 is 15.5 Å². The summed E-state index contributed by atoms with van der Waals surface area (Å²) in [6, 6.07) is 7.44. The van der Waals surface area contributed by atoms with Gasteiger partial charge in [0, 0.05) is 35.8 Å². The maximum absolute atomic E-state index is 12.3. The number of halogens is 1. The SMILES string of the molecule is CCC(C)NC(=O)CN1CCN(C(=O)CNC(=O)c2ccccc2I)CC1. The lowest BCUT2D eigenvalue weighted by Gasteiger charge is -2.34. The van der Waals surface area contributed by atoms with Crippen molar-refractivity contribution in [2.24, 2.45) is 0 Å². The van der Waals surface area contributed by atoms with Gasteiger partial charge in [-0.2, -0.15) is 0 Å². The molecule has 0 spiro atoms. The Bertz CT molecular complexity index is 675. The quantitative estimate of drug-likeness (QED) is 0.566.